The van der Waals surface area contributed by atoms with Crippen LogP contribution in [0.1, 0.15) is 36.2 Å². The van der Waals surface area contributed by atoms with E-state index in [0.717, 1.165) is 17.7 Å². The molecule has 0 saturated carbocycles. The normalized spacial score (nSPS) is 11.0. The Hall–Kier alpha value is -2.33. The molecule has 0 aliphatic heterocycles. The van der Waals surface area contributed by atoms with Crippen LogP contribution in [0.2, 0.25) is 5.02 Å². The maximum atomic E-state index is 12.0. The molecule has 1 N–H and O–H groups in total. The van der Waals surface area contributed by atoms with Crippen molar-refractivity contribution < 1.29 is 9.53 Å². The van der Waals surface area contributed by atoms with Gasteiger partial charge in [0, 0.05) is 10.6 Å². The zero-order chi connectivity index (χ0) is 17.4. The van der Waals surface area contributed by atoms with Crippen LogP contribution in [-0.4, -0.2) is 18.7 Å². The number of amides is 1. The van der Waals surface area contributed by atoms with Gasteiger partial charge in [-0.1, -0.05) is 37.6 Å². The molecule has 0 fully saturated rings. The highest BCUT2D eigenvalue weighted by molar-refractivity contribution is 6.30. The van der Waals surface area contributed by atoms with E-state index in [-0.39, 0.29) is 5.91 Å². The summed E-state index contributed by atoms with van der Waals surface area (Å²) in [5, 5.41) is 4.60. The van der Waals surface area contributed by atoms with Crippen molar-refractivity contribution in [3.05, 3.63) is 64.7 Å². The van der Waals surface area contributed by atoms with Gasteiger partial charge in [0.05, 0.1) is 12.8 Å². The number of benzene rings is 2. The van der Waals surface area contributed by atoms with E-state index in [9.17, 15) is 4.79 Å². The first-order valence-corrected chi connectivity index (χ1v) is 8.24. The molecule has 0 aliphatic carbocycles. The van der Waals surface area contributed by atoms with Gasteiger partial charge in [-0.05, 0) is 54.3 Å². The third-order valence-electron chi connectivity index (χ3n) is 3.33. The Bertz CT molecular complexity index is 680. The van der Waals surface area contributed by atoms with Gasteiger partial charge in [-0.2, -0.15) is 5.10 Å². The molecule has 2 aromatic carbocycles. The number of carbonyl (C=O) groups excluding carboxylic acids is 1. The maximum Gasteiger partial charge on any atom is 0.271 e. The molecule has 0 radical (unpaired) electrons. The molecule has 0 spiro atoms. The van der Waals surface area contributed by atoms with Crippen molar-refractivity contribution >= 4 is 23.7 Å². The predicted molar refractivity (Wildman–Crippen MR) is 97.9 cm³/mol. The summed E-state index contributed by atoms with van der Waals surface area (Å²) in [5.41, 5.74) is 3.88. The van der Waals surface area contributed by atoms with Gasteiger partial charge in [0.1, 0.15) is 5.75 Å². The number of carbonyl (C=O) groups is 1. The minimum atomic E-state index is -0.269. The van der Waals surface area contributed by atoms with E-state index in [1.54, 1.807) is 42.6 Å². The monoisotopic (exact) mass is 344 g/mol. The summed E-state index contributed by atoms with van der Waals surface area (Å²) >= 11 is 5.81. The first-order chi connectivity index (χ1) is 11.5. The van der Waals surface area contributed by atoms with Crippen molar-refractivity contribution in [2.45, 2.75) is 20.3 Å². The van der Waals surface area contributed by atoms with Crippen LogP contribution in [0, 0.1) is 5.92 Å². The maximum absolute atomic E-state index is 12.0. The van der Waals surface area contributed by atoms with Crippen LogP contribution in [-0.2, 0) is 0 Å². The van der Waals surface area contributed by atoms with E-state index < -0.39 is 0 Å². The second kappa shape index (κ2) is 9.08. The Morgan fingerprint density at radius 1 is 1.17 bits per heavy atom. The zero-order valence-corrected chi connectivity index (χ0v) is 14.6. The topological polar surface area (TPSA) is 50.7 Å². The van der Waals surface area contributed by atoms with Crippen LogP contribution < -0.4 is 10.2 Å². The number of hydrazone groups is 1. The van der Waals surface area contributed by atoms with E-state index in [1.165, 1.54) is 0 Å². The molecule has 0 aliphatic rings. The van der Waals surface area contributed by atoms with Crippen LogP contribution in [0.3, 0.4) is 0 Å². The van der Waals surface area contributed by atoms with E-state index in [2.05, 4.69) is 24.4 Å². The lowest BCUT2D eigenvalue weighted by Gasteiger charge is -2.08. The molecule has 5 heteroatoms. The fourth-order valence-corrected chi connectivity index (χ4v) is 2.02. The lowest BCUT2D eigenvalue weighted by atomic mass is 10.1. The molecule has 1 amide bonds. The number of halogens is 1. The molecule has 0 atom stereocenters. The molecule has 0 aromatic heterocycles. The SMILES string of the molecule is CC(C)CCOc1ccc(C(=O)NN=Cc2ccc(Cl)cc2)cc1. The van der Waals surface area contributed by atoms with Crippen molar-refractivity contribution in [2.75, 3.05) is 6.61 Å². The molecule has 0 heterocycles. The van der Waals surface area contributed by atoms with Gasteiger partial charge in [-0.3, -0.25) is 4.79 Å². The summed E-state index contributed by atoms with van der Waals surface area (Å²) in [7, 11) is 0. The van der Waals surface area contributed by atoms with E-state index in [1.807, 2.05) is 12.1 Å². The van der Waals surface area contributed by atoms with Crippen molar-refractivity contribution in [2.24, 2.45) is 11.0 Å². The molecule has 0 unspecified atom stereocenters. The highest BCUT2D eigenvalue weighted by Gasteiger charge is 2.04. The summed E-state index contributed by atoms with van der Waals surface area (Å²) in [6.07, 6.45) is 2.57. The second-order valence-electron chi connectivity index (χ2n) is 5.81. The number of nitrogens with zero attached hydrogens (tertiary/aromatic N) is 1. The Labute approximate surface area is 147 Å². The third kappa shape index (κ3) is 6.05. The van der Waals surface area contributed by atoms with Gasteiger partial charge in [0.2, 0.25) is 0 Å². The standard InChI is InChI=1S/C19H21ClN2O2/c1-14(2)11-12-24-18-9-5-16(6-10-18)19(23)22-21-13-15-3-7-17(20)8-4-15/h3-10,13-14H,11-12H2,1-2H3,(H,22,23). The summed E-state index contributed by atoms with van der Waals surface area (Å²) < 4.78 is 5.63. The average molecular weight is 345 g/mol. The minimum absolute atomic E-state index is 0.269. The van der Waals surface area contributed by atoms with E-state index >= 15 is 0 Å². The summed E-state index contributed by atoms with van der Waals surface area (Å²) in [5.74, 6) is 1.10. The molecule has 126 valence electrons. The first kappa shape index (κ1) is 18.0. The van der Waals surface area contributed by atoms with Crippen LogP contribution in [0.5, 0.6) is 5.75 Å². The van der Waals surface area contributed by atoms with Gasteiger partial charge in [-0.25, -0.2) is 5.43 Å². The fourth-order valence-electron chi connectivity index (χ4n) is 1.89. The van der Waals surface area contributed by atoms with Gasteiger partial charge in [0.25, 0.3) is 5.91 Å². The van der Waals surface area contributed by atoms with Gasteiger partial charge < -0.3 is 4.74 Å². The first-order valence-electron chi connectivity index (χ1n) is 7.86. The molecular formula is C19H21ClN2O2. The Morgan fingerprint density at radius 2 is 1.83 bits per heavy atom. The molecule has 0 bridgehead atoms. The predicted octanol–water partition coefficient (Wildman–Crippen LogP) is 4.53. The lowest BCUT2D eigenvalue weighted by molar-refractivity contribution is 0.0955. The number of hydrogen-bond acceptors (Lipinski definition) is 3. The molecule has 24 heavy (non-hydrogen) atoms. The van der Waals surface area contributed by atoms with Crippen LogP contribution in [0.4, 0.5) is 0 Å². The van der Waals surface area contributed by atoms with Gasteiger partial charge >= 0.3 is 0 Å². The van der Waals surface area contributed by atoms with Crippen molar-refractivity contribution in [1.29, 1.82) is 0 Å². The highest BCUT2D eigenvalue weighted by atomic mass is 35.5. The largest absolute Gasteiger partial charge is 0.494 e. The highest BCUT2D eigenvalue weighted by Crippen LogP contribution is 2.13. The molecule has 2 rings (SSSR count). The van der Waals surface area contributed by atoms with E-state index in [4.69, 9.17) is 16.3 Å². The van der Waals surface area contributed by atoms with Crippen LogP contribution in [0.25, 0.3) is 0 Å². The zero-order valence-electron chi connectivity index (χ0n) is 13.8. The van der Waals surface area contributed by atoms with Crippen molar-refractivity contribution in [3.8, 4) is 5.75 Å². The van der Waals surface area contributed by atoms with Crippen LogP contribution >= 0.6 is 11.6 Å². The quantitative estimate of drug-likeness (QED) is 0.592. The molecule has 4 nitrogen and oxygen atoms in total. The Morgan fingerprint density at radius 3 is 2.46 bits per heavy atom. The average Bonchev–Trinajstić information content (AvgIpc) is 2.57. The number of hydrogen-bond donors (Lipinski definition) is 1. The lowest BCUT2D eigenvalue weighted by Crippen LogP contribution is -2.17. The molecule has 0 saturated heterocycles. The van der Waals surface area contributed by atoms with Gasteiger partial charge in [0.15, 0.2) is 0 Å². The van der Waals surface area contributed by atoms with Crippen molar-refractivity contribution in [3.63, 3.8) is 0 Å². The smallest absolute Gasteiger partial charge is 0.271 e. The summed E-state index contributed by atoms with van der Waals surface area (Å²) in [6, 6.07) is 14.2. The number of ether oxygens (including phenoxy) is 1. The Kier molecular flexibility index (Phi) is 6.82. The number of rotatable bonds is 7. The summed E-state index contributed by atoms with van der Waals surface area (Å²) in [6.45, 7) is 4.98. The van der Waals surface area contributed by atoms with Crippen LogP contribution in [0.15, 0.2) is 53.6 Å². The third-order valence-corrected chi connectivity index (χ3v) is 3.58. The van der Waals surface area contributed by atoms with Crippen molar-refractivity contribution in [1.82, 2.24) is 5.43 Å². The summed E-state index contributed by atoms with van der Waals surface area (Å²) in [4.78, 5) is 12.0. The van der Waals surface area contributed by atoms with E-state index in [0.29, 0.717) is 23.1 Å². The second-order valence-corrected chi connectivity index (χ2v) is 6.24. The fraction of sp³-hybridized carbons (Fsp3) is 0.263. The van der Waals surface area contributed by atoms with Gasteiger partial charge in [-0.15, -0.1) is 0 Å². The minimum Gasteiger partial charge on any atom is -0.494 e. The Balaban J connectivity index is 1.84. The number of nitrogens with one attached hydrogen (secondary N) is 1. The molecule has 2 aromatic rings. The molecular weight excluding hydrogens is 324 g/mol.